The highest BCUT2D eigenvalue weighted by Crippen LogP contribution is 2.31. The van der Waals surface area contributed by atoms with Gasteiger partial charge >= 0.3 is 6.01 Å². The van der Waals surface area contributed by atoms with Crippen LogP contribution in [-0.4, -0.2) is 10.1 Å². The SMILES string of the molecule is Nc1noc(Nc2cccc(Cl)c2Br)n1. The normalized spacial score (nSPS) is 10.3. The molecule has 0 bridgehead atoms. The highest BCUT2D eigenvalue weighted by molar-refractivity contribution is 9.10. The lowest BCUT2D eigenvalue weighted by Gasteiger charge is -2.04. The van der Waals surface area contributed by atoms with E-state index >= 15 is 0 Å². The molecule has 15 heavy (non-hydrogen) atoms. The van der Waals surface area contributed by atoms with Crippen LogP contribution >= 0.6 is 27.5 Å². The topological polar surface area (TPSA) is 77.0 Å². The summed E-state index contributed by atoms with van der Waals surface area (Å²) in [6, 6.07) is 5.60. The van der Waals surface area contributed by atoms with Crippen LogP contribution in [0.25, 0.3) is 0 Å². The quantitative estimate of drug-likeness (QED) is 0.889. The Morgan fingerprint density at radius 3 is 2.93 bits per heavy atom. The van der Waals surface area contributed by atoms with Crippen molar-refractivity contribution in [2.45, 2.75) is 0 Å². The molecule has 1 heterocycles. The van der Waals surface area contributed by atoms with E-state index in [0.717, 1.165) is 10.2 Å². The first-order valence-corrected chi connectivity index (χ1v) is 5.14. The molecule has 1 aromatic carbocycles. The van der Waals surface area contributed by atoms with E-state index in [1.807, 2.05) is 6.07 Å². The van der Waals surface area contributed by atoms with Crippen LogP contribution in [0.4, 0.5) is 17.7 Å². The van der Waals surface area contributed by atoms with E-state index in [-0.39, 0.29) is 12.0 Å². The molecule has 0 amide bonds. The lowest BCUT2D eigenvalue weighted by Crippen LogP contribution is -1.92. The molecule has 0 spiro atoms. The molecule has 78 valence electrons. The largest absolute Gasteiger partial charge is 0.365 e. The molecule has 0 radical (unpaired) electrons. The van der Waals surface area contributed by atoms with Gasteiger partial charge in [-0.15, -0.1) is 0 Å². The van der Waals surface area contributed by atoms with Crippen molar-refractivity contribution in [3.63, 3.8) is 0 Å². The number of rotatable bonds is 2. The van der Waals surface area contributed by atoms with Crippen molar-refractivity contribution >= 4 is 45.2 Å². The maximum absolute atomic E-state index is 5.91. The standard InChI is InChI=1S/C8H6BrClN4O/c9-6-4(10)2-1-3-5(6)12-8-13-7(11)14-15-8/h1-3H,(H3,11,12,13,14). The van der Waals surface area contributed by atoms with Gasteiger partial charge in [-0.05, 0) is 33.2 Å². The summed E-state index contributed by atoms with van der Waals surface area (Å²) in [5.74, 6) is 0.0793. The molecule has 0 saturated heterocycles. The molecule has 3 N–H and O–H groups in total. The Bertz CT molecular complexity index is 487. The van der Waals surface area contributed by atoms with Gasteiger partial charge in [0.2, 0.25) is 0 Å². The van der Waals surface area contributed by atoms with Gasteiger partial charge in [0, 0.05) is 0 Å². The second-order valence-electron chi connectivity index (χ2n) is 2.68. The zero-order valence-electron chi connectivity index (χ0n) is 7.37. The molecule has 2 aromatic rings. The fourth-order valence-corrected chi connectivity index (χ4v) is 1.54. The first kappa shape index (κ1) is 10.3. The van der Waals surface area contributed by atoms with Crippen molar-refractivity contribution in [2.75, 3.05) is 11.1 Å². The zero-order chi connectivity index (χ0) is 10.8. The van der Waals surface area contributed by atoms with E-state index in [9.17, 15) is 0 Å². The Balaban J connectivity index is 2.28. The van der Waals surface area contributed by atoms with E-state index in [2.05, 4.69) is 31.4 Å². The molecular weight excluding hydrogens is 283 g/mol. The maximum Gasteiger partial charge on any atom is 0.327 e. The van der Waals surface area contributed by atoms with Crippen molar-refractivity contribution in [2.24, 2.45) is 0 Å². The molecule has 1 aromatic heterocycles. The second kappa shape index (κ2) is 4.08. The fourth-order valence-electron chi connectivity index (χ4n) is 1.00. The second-order valence-corrected chi connectivity index (χ2v) is 3.88. The summed E-state index contributed by atoms with van der Waals surface area (Å²) in [6.45, 7) is 0. The van der Waals surface area contributed by atoms with Gasteiger partial charge in [0.15, 0.2) is 0 Å². The van der Waals surface area contributed by atoms with E-state index in [1.54, 1.807) is 12.1 Å². The highest BCUT2D eigenvalue weighted by atomic mass is 79.9. The number of nitrogens with zero attached hydrogens (tertiary/aromatic N) is 2. The van der Waals surface area contributed by atoms with Crippen LogP contribution in [0.2, 0.25) is 5.02 Å². The van der Waals surface area contributed by atoms with E-state index in [0.29, 0.717) is 5.02 Å². The molecule has 5 nitrogen and oxygen atoms in total. The third-order valence-corrected chi connectivity index (χ3v) is 3.03. The number of benzene rings is 1. The first-order chi connectivity index (χ1) is 7.16. The molecule has 7 heteroatoms. The first-order valence-electron chi connectivity index (χ1n) is 3.97. The van der Waals surface area contributed by atoms with Gasteiger partial charge in [-0.2, -0.15) is 4.98 Å². The van der Waals surface area contributed by atoms with Gasteiger partial charge in [-0.3, -0.25) is 0 Å². The Hall–Kier alpha value is -1.27. The van der Waals surface area contributed by atoms with Crippen molar-refractivity contribution < 1.29 is 4.52 Å². The number of aromatic nitrogens is 2. The van der Waals surface area contributed by atoms with Gasteiger partial charge in [0.25, 0.3) is 5.95 Å². The Morgan fingerprint density at radius 2 is 2.27 bits per heavy atom. The molecule has 0 atom stereocenters. The predicted molar refractivity (Wildman–Crippen MR) is 61.1 cm³/mol. The van der Waals surface area contributed by atoms with Crippen LogP contribution in [0.1, 0.15) is 0 Å². The highest BCUT2D eigenvalue weighted by Gasteiger charge is 2.07. The Labute approximate surface area is 98.7 Å². The summed E-state index contributed by atoms with van der Waals surface area (Å²) in [7, 11) is 0. The molecule has 0 fully saturated rings. The van der Waals surface area contributed by atoms with Crippen molar-refractivity contribution in [1.82, 2.24) is 10.1 Å². The van der Waals surface area contributed by atoms with Gasteiger partial charge in [-0.25, -0.2) is 0 Å². The summed E-state index contributed by atoms with van der Waals surface area (Å²) in [5, 5.41) is 6.92. The number of hydrogen-bond acceptors (Lipinski definition) is 5. The van der Waals surface area contributed by atoms with Crippen LogP contribution in [0.15, 0.2) is 27.2 Å². The van der Waals surface area contributed by atoms with Crippen LogP contribution < -0.4 is 11.1 Å². The zero-order valence-corrected chi connectivity index (χ0v) is 9.71. The van der Waals surface area contributed by atoms with Crippen LogP contribution in [0.5, 0.6) is 0 Å². The van der Waals surface area contributed by atoms with Gasteiger partial charge in [-0.1, -0.05) is 17.7 Å². The summed E-state index contributed by atoms with van der Waals surface area (Å²) in [5.41, 5.74) is 6.03. The van der Waals surface area contributed by atoms with Crippen LogP contribution in [0, 0.1) is 0 Å². The summed E-state index contributed by atoms with van der Waals surface area (Å²) < 4.78 is 5.53. The molecular formula is C8H6BrClN4O. The summed E-state index contributed by atoms with van der Waals surface area (Å²) in [6.07, 6.45) is 0. The molecule has 0 unspecified atom stereocenters. The lowest BCUT2D eigenvalue weighted by molar-refractivity contribution is 0.436. The third-order valence-electron chi connectivity index (χ3n) is 1.63. The minimum absolute atomic E-state index is 0.0793. The number of nitrogens with two attached hydrogens (primary N) is 1. The fraction of sp³-hybridized carbons (Fsp3) is 0. The predicted octanol–water partition coefficient (Wildman–Crippen LogP) is 2.81. The smallest absolute Gasteiger partial charge is 0.327 e. The van der Waals surface area contributed by atoms with E-state index in [1.165, 1.54) is 0 Å². The lowest BCUT2D eigenvalue weighted by atomic mass is 10.3. The summed E-state index contributed by atoms with van der Waals surface area (Å²) >= 11 is 9.24. The van der Waals surface area contributed by atoms with Crippen molar-refractivity contribution in [3.05, 3.63) is 27.7 Å². The number of halogens is 2. The molecule has 0 aliphatic heterocycles. The number of anilines is 3. The molecule has 0 saturated carbocycles. The minimum Gasteiger partial charge on any atom is -0.365 e. The molecule has 2 rings (SSSR count). The van der Waals surface area contributed by atoms with Crippen molar-refractivity contribution in [3.8, 4) is 0 Å². The average Bonchev–Trinajstić information content (AvgIpc) is 2.59. The Morgan fingerprint density at radius 1 is 1.47 bits per heavy atom. The number of nitrogens with one attached hydrogen (secondary N) is 1. The van der Waals surface area contributed by atoms with Gasteiger partial charge < -0.3 is 15.6 Å². The third kappa shape index (κ3) is 2.21. The van der Waals surface area contributed by atoms with Crippen LogP contribution in [-0.2, 0) is 0 Å². The van der Waals surface area contributed by atoms with Gasteiger partial charge in [0.1, 0.15) is 0 Å². The van der Waals surface area contributed by atoms with Crippen molar-refractivity contribution in [1.29, 1.82) is 0 Å². The monoisotopic (exact) mass is 288 g/mol. The summed E-state index contributed by atoms with van der Waals surface area (Å²) in [4.78, 5) is 3.80. The average molecular weight is 290 g/mol. The number of hydrogen-bond donors (Lipinski definition) is 2. The maximum atomic E-state index is 5.91. The number of nitrogen functional groups attached to an aromatic ring is 1. The Kier molecular flexibility index (Phi) is 2.79. The van der Waals surface area contributed by atoms with Crippen LogP contribution in [0.3, 0.4) is 0 Å². The van der Waals surface area contributed by atoms with E-state index in [4.69, 9.17) is 21.9 Å². The van der Waals surface area contributed by atoms with Gasteiger partial charge in [0.05, 0.1) is 15.2 Å². The van der Waals surface area contributed by atoms with E-state index < -0.39 is 0 Å². The molecule has 0 aliphatic rings. The minimum atomic E-state index is 0.0793. The molecule has 0 aliphatic carbocycles.